The Labute approximate surface area is 202 Å². The van der Waals surface area contributed by atoms with Crippen LogP contribution in [0.5, 0.6) is 0 Å². The highest BCUT2D eigenvalue weighted by Gasteiger charge is 2.65. The number of quaternary nitrogens is 1. The lowest BCUT2D eigenvalue weighted by Gasteiger charge is -2.55. The Morgan fingerprint density at radius 1 is 1.12 bits per heavy atom. The topological polar surface area (TPSA) is 45.2 Å². The van der Waals surface area contributed by atoms with E-state index in [4.69, 9.17) is 4.74 Å². The molecule has 176 valence electrons. The molecule has 2 fully saturated rings. The van der Waals surface area contributed by atoms with Crippen molar-refractivity contribution in [1.29, 1.82) is 0 Å². The zero-order valence-electron chi connectivity index (χ0n) is 20.5. The molecule has 0 radical (unpaired) electrons. The number of hydrogen-bond donors (Lipinski definition) is 0. The van der Waals surface area contributed by atoms with Crippen molar-refractivity contribution < 1.29 is 9.38 Å². The average Bonchev–Trinajstić information content (AvgIpc) is 3.33. The summed E-state index contributed by atoms with van der Waals surface area (Å²) in [4.78, 5) is 4.28. The van der Waals surface area contributed by atoms with Crippen LogP contribution >= 0.6 is 0 Å². The lowest BCUT2D eigenvalue weighted by molar-refractivity contribution is -0.869. The third-order valence-corrected chi connectivity index (χ3v) is 10.1. The Kier molecular flexibility index (Phi) is 4.14. The molecule has 2 spiro atoms. The Morgan fingerprint density at radius 2 is 2.00 bits per heavy atom. The van der Waals surface area contributed by atoms with Crippen molar-refractivity contribution >= 4 is 16.3 Å². The monoisotopic (exact) mass is 454 g/mol. The summed E-state index contributed by atoms with van der Waals surface area (Å²) < 4.78 is 7.10. The van der Waals surface area contributed by atoms with Gasteiger partial charge in [0.15, 0.2) is 0 Å². The Morgan fingerprint density at radius 3 is 2.85 bits per heavy atom. The molecule has 7 rings (SSSR count). The van der Waals surface area contributed by atoms with Crippen molar-refractivity contribution in [1.82, 2.24) is 4.98 Å². The number of rotatable bonds is 2. The maximum Gasteiger partial charge on any atom is 0.0980 e. The lowest BCUT2D eigenvalue weighted by atomic mass is 9.58. The molecule has 0 amide bonds. The molecule has 2 aliphatic heterocycles. The number of benzene rings is 1. The first-order chi connectivity index (χ1) is 16.2. The molecule has 1 aromatic heterocycles. The number of ether oxygens (including phenoxy) is 1. The van der Waals surface area contributed by atoms with Gasteiger partial charge in [0.25, 0.3) is 0 Å². The fourth-order valence-electron chi connectivity index (χ4n) is 8.19. The van der Waals surface area contributed by atoms with Gasteiger partial charge < -0.3 is 14.6 Å². The van der Waals surface area contributed by atoms with Crippen LogP contribution < -0.4 is 0 Å². The van der Waals surface area contributed by atoms with E-state index >= 15 is 0 Å². The summed E-state index contributed by atoms with van der Waals surface area (Å²) in [5.74, 6) is 0.440. The van der Waals surface area contributed by atoms with E-state index in [1.165, 1.54) is 33.1 Å². The van der Waals surface area contributed by atoms with Gasteiger partial charge in [-0.3, -0.25) is 4.98 Å². The number of allylic oxidation sites excluding steroid dienone is 3. The van der Waals surface area contributed by atoms with Gasteiger partial charge in [-0.1, -0.05) is 37.3 Å². The first-order valence-electron chi connectivity index (χ1n) is 12.9. The molecule has 0 N–H and O–H groups in total. The van der Waals surface area contributed by atoms with Crippen LogP contribution in [0.25, 0.3) is 16.3 Å². The van der Waals surface area contributed by atoms with Crippen molar-refractivity contribution in [2.75, 3.05) is 14.1 Å². The molecule has 4 heteroatoms. The minimum absolute atomic E-state index is 0.0585. The summed E-state index contributed by atoms with van der Waals surface area (Å²) in [6.07, 6.45) is 18.4. The molecule has 3 heterocycles. The molecule has 5 aliphatic rings. The van der Waals surface area contributed by atoms with Crippen molar-refractivity contribution in [2.24, 2.45) is 11.3 Å². The van der Waals surface area contributed by atoms with E-state index < -0.39 is 0 Å². The summed E-state index contributed by atoms with van der Waals surface area (Å²) in [7, 11) is 3.61. The molecule has 1 saturated heterocycles. The minimum atomic E-state index is -0.225. The number of nitrogens with zero attached hydrogens (tertiary/aromatic N) is 2. The van der Waals surface area contributed by atoms with Gasteiger partial charge in [0, 0.05) is 42.0 Å². The molecule has 3 aliphatic carbocycles. The second-order valence-corrected chi connectivity index (χ2v) is 12.1. The van der Waals surface area contributed by atoms with Gasteiger partial charge in [-0.2, -0.15) is 0 Å². The zero-order valence-corrected chi connectivity index (χ0v) is 20.5. The fraction of sp³-hybridized carbons (Fsp3) is 0.500. The Balaban J connectivity index is 1.27. The molecule has 1 aromatic carbocycles. The highest BCUT2D eigenvalue weighted by Crippen LogP contribution is 2.67. The normalized spacial score (nSPS) is 38.5. The van der Waals surface area contributed by atoms with Gasteiger partial charge >= 0.3 is 0 Å². The van der Waals surface area contributed by atoms with Crippen LogP contribution in [0.4, 0.5) is 0 Å². The zero-order chi connectivity index (χ0) is 23.3. The summed E-state index contributed by atoms with van der Waals surface area (Å²) in [6, 6.07) is 9.05. The molecular formula is C30H34N2O2. The third-order valence-electron chi connectivity index (χ3n) is 10.1. The van der Waals surface area contributed by atoms with E-state index in [1.807, 2.05) is 12.4 Å². The minimum Gasteiger partial charge on any atom is -0.633 e. The number of aromatic nitrogens is 1. The van der Waals surface area contributed by atoms with Crippen molar-refractivity contribution in [3.05, 3.63) is 76.8 Å². The largest absolute Gasteiger partial charge is 0.633 e. The van der Waals surface area contributed by atoms with Crippen molar-refractivity contribution in [3.63, 3.8) is 0 Å². The molecule has 34 heavy (non-hydrogen) atoms. The van der Waals surface area contributed by atoms with Gasteiger partial charge in [-0.05, 0) is 71.9 Å². The standard InChI is InChI=1S/C30H34N2O2/c1-28-12-10-24-17-23-6-7-25(32(2,3)33)18-29(23)13-14-30(24,34-29)27(28)9-8-26(28)21-4-5-22-19-31-15-11-20(22)16-21/h4-5,8,10-11,15-17,19,25,27H,6-7,9,12-14,18H2,1-3H3/t25-,27-,28-,29-,30?/m1/s1. The number of fused-ring (bicyclic) bond motifs is 2. The molecule has 5 atom stereocenters. The second kappa shape index (κ2) is 6.69. The SMILES string of the molecule is C[C@]12CC=C3C=C4CC[C@@H]([N+](C)(C)[O-])C[C@]45CCC3(O5)[C@@H]1CC=C2c1ccc2cnccc2c1. The van der Waals surface area contributed by atoms with E-state index in [2.05, 4.69) is 54.4 Å². The van der Waals surface area contributed by atoms with E-state index in [9.17, 15) is 5.21 Å². The maximum atomic E-state index is 12.9. The lowest BCUT2D eigenvalue weighted by Crippen LogP contribution is -2.56. The maximum absolute atomic E-state index is 12.9. The van der Waals surface area contributed by atoms with Crippen LogP contribution in [0, 0.1) is 16.5 Å². The van der Waals surface area contributed by atoms with Crippen LogP contribution in [0.2, 0.25) is 0 Å². The van der Waals surface area contributed by atoms with Crippen LogP contribution in [-0.2, 0) is 4.74 Å². The second-order valence-electron chi connectivity index (χ2n) is 12.1. The molecule has 4 nitrogen and oxygen atoms in total. The van der Waals surface area contributed by atoms with Gasteiger partial charge in [0.1, 0.15) is 0 Å². The van der Waals surface area contributed by atoms with Gasteiger partial charge in [0.05, 0.1) is 31.3 Å². The van der Waals surface area contributed by atoms with Gasteiger partial charge in [-0.15, -0.1) is 0 Å². The predicted octanol–water partition coefficient (Wildman–Crippen LogP) is 6.33. The third kappa shape index (κ3) is 2.68. The summed E-state index contributed by atoms with van der Waals surface area (Å²) in [5.41, 5.74) is 5.30. The number of hydroxylamine groups is 3. The summed E-state index contributed by atoms with van der Waals surface area (Å²) >= 11 is 0. The van der Waals surface area contributed by atoms with Crippen molar-refractivity contribution in [3.8, 4) is 0 Å². The Bertz CT molecular complexity index is 1300. The van der Waals surface area contributed by atoms with Gasteiger partial charge in [0.2, 0.25) is 0 Å². The van der Waals surface area contributed by atoms with Crippen LogP contribution in [0.15, 0.2) is 66.0 Å². The first kappa shape index (κ1) is 21.0. The summed E-state index contributed by atoms with van der Waals surface area (Å²) in [5, 5.41) is 15.3. The highest BCUT2D eigenvalue weighted by molar-refractivity contribution is 5.87. The van der Waals surface area contributed by atoms with Crippen molar-refractivity contribution in [2.45, 2.75) is 69.1 Å². The highest BCUT2D eigenvalue weighted by atomic mass is 16.5. The molecule has 1 saturated carbocycles. The van der Waals surface area contributed by atoms with Crippen LogP contribution in [-0.4, -0.2) is 41.0 Å². The smallest absolute Gasteiger partial charge is 0.0980 e. The van der Waals surface area contributed by atoms with Crippen LogP contribution in [0.1, 0.15) is 57.4 Å². The van der Waals surface area contributed by atoms with Crippen LogP contribution in [0.3, 0.4) is 0 Å². The number of hydrogen-bond acceptors (Lipinski definition) is 3. The fourth-order valence-corrected chi connectivity index (χ4v) is 8.19. The van der Waals surface area contributed by atoms with E-state index in [0.29, 0.717) is 5.92 Å². The Hall–Kier alpha value is -2.27. The van der Waals surface area contributed by atoms with E-state index in [-0.39, 0.29) is 27.3 Å². The molecule has 1 unspecified atom stereocenters. The average molecular weight is 455 g/mol. The number of pyridine rings is 1. The van der Waals surface area contributed by atoms with E-state index in [1.54, 1.807) is 14.1 Å². The molecular weight excluding hydrogens is 420 g/mol. The molecule has 2 aromatic rings. The predicted molar refractivity (Wildman–Crippen MR) is 136 cm³/mol. The first-order valence-corrected chi connectivity index (χ1v) is 12.9. The molecule has 2 bridgehead atoms. The quantitative estimate of drug-likeness (QED) is 0.393. The van der Waals surface area contributed by atoms with Gasteiger partial charge in [-0.25, -0.2) is 0 Å². The summed E-state index contributed by atoms with van der Waals surface area (Å²) in [6.45, 7) is 2.46. The van der Waals surface area contributed by atoms with E-state index in [0.717, 1.165) is 44.9 Å².